The van der Waals surface area contributed by atoms with Gasteiger partial charge in [0.25, 0.3) is 5.56 Å². The summed E-state index contributed by atoms with van der Waals surface area (Å²) in [5.74, 6) is -0.0500. The molecule has 5 heteroatoms. The van der Waals surface area contributed by atoms with Crippen LogP contribution in [0.1, 0.15) is 25.3 Å². The molecule has 3 rings (SSSR count). The molecule has 0 aliphatic rings. The number of aromatic nitrogens is 2. The first kappa shape index (κ1) is 16.9. The first-order valence-electron chi connectivity index (χ1n) is 8.50. The van der Waals surface area contributed by atoms with Crippen LogP contribution in [-0.4, -0.2) is 15.5 Å². The number of carbonyl (C=O) groups is 1. The van der Waals surface area contributed by atoms with Crippen LogP contribution in [0.4, 0.5) is 5.69 Å². The van der Waals surface area contributed by atoms with Gasteiger partial charge in [-0.25, -0.2) is 4.98 Å². The van der Waals surface area contributed by atoms with Crippen molar-refractivity contribution in [2.24, 2.45) is 0 Å². The van der Waals surface area contributed by atoms with Crippen LogP contribution in [0.5, 0.6) is 0 Å². The van der Waals surface area contributed by atoms with Crippen molar-refractivity contribution in [3.8, 4) is 0 Å². The lowest BCUT2D eigenvalue weighted by atomic mass is 10.1. The molecule has 2 aromatic carbocycles. The number of aryl methyl sites for hydroxylation is 2. The fourth-order valence-electron chi connectivity index (χ4n) is 2.72. The van der Waals surface area contributed by atoms with E-state index in [4.69, 9.17) is 0 Å². The molecule has 1 heterocycles. The number of nitrogens with one attached hydrogen (secondary N) is 1. The zero-order chi connectivity index (χ0) is 17.6. The summed E-state index contributed by atoms with van der Waals surface area (Å²) >= 11 is 0. The lowest BCUT2D eigenvalue weighted by Gasteiger charge is -2.08. The minimum atomic E-state index is -0.0684. The topological polar surface area (TPSA) is 64.0 Å². The van der Waals surface area contributed by atoms with Crippen molar-refractivity contribution >= 4 is 22.5 Å². The molecule has 0 spiro atoms. The molecule has 0 saturated carbocycles. The van der Waals surface area contributed by atoms with E-state index < -0.39 is 0 Å². The highest BCUT2D eigenvalue weighted by Crippen LogP contribution is 2.11. The van der Waals surface area contributed by atoms with E-state index in [0.29, 0.717) is 30.3 Å². The molecule has 0 bridgehead atoms. The van der Waals surface area contributed by atoms with Gasteiger partial charge in [0.2, 0.25) is 5.91 Å². The molecular weight excluding hydrogens is 314 g/mol. The number of carbonyl (C=O) groups excluding carboxylic acids is 1. The van der Waals surface area contributed by atoms with E-state index in [0.717, 1.165) is 12.1 Å². The Morgan fingerprint density at radius 3 is 2.64 bits per heavy atom. The molecule has 1 N–H and O–H groups in total. The zero-order valence-electron chi connectivity index (χ0n) is 14.2. The minimum absolute atomic E-state index is 0.0500. The van der Waals surface area contributed by atoms with Crippen LogP contribution in [0.25, 0.3) is 10.9 Å². The smallest absolute Gasteiger partial charge is 0.261 e. The number of para-hydroxylation sites is 1. The van der Waals surface area contributed by atoms with Crippen LogP contribution in [0.15, 0.2) is 59.7 Å². The second kappa shape index (κ2) is 7.75. The van der Waals surface area contributed by atoms with Crippen LogP contribution in [-0.2, 0) is 17.8 Å². The Bertz CT molecular complexity index is 930. The molecule has 1 aromatic heterocycles. The van der Waals surface area contributed by atoms with Crippen LogP contribution >= 0.6 is 0 Å². The van der Waals surface area contributed by atoms with Gasteiger partial charge < -0.3 is 5.32 Å². The van der Waals surface area contributed by atoms with E-state index in [1.54, 1.807) is 17.0 Å². The fraction of sp³-hybridized carbons (Fsp3) is 0.250. The molecule has 0 fully saturated rings. The van der Waals surface area contributed by atoms with Crippen molar-refractivity contribution in [1.82, 2.24) is 9.55 Å². The Morgan fingerprint density at radius 1 is 1.12 bits per heavy atom. The van der Waals surface area contributed by atoms with Gasteiger partial charge in [-0.15, -0.1) is 0 Å². The lowest BCUT2D eigenvalue weighted by molar-refractivity contribution is -0.116. The fourth-order valence-corrected chi connectivity index (χ4v) is 2.72. The zero-order valence-corrected chi connectivity index (χ0v) is 14.2. The van der Waals surface area contributed by atoms with Gasteiger partial charge >= 0.3 is 0 Å². The second-order valence-electron chi connectivity index (χ2n) is 5.96. The molecule has 1 amide bonds. The highest BCUT2D eigenvalue weighted by Gasteiger charge is 2.06. The standard InChI is InChI=1S/C20H21N3O2/c1-2-15-9-11-16(12-10-15)22-19(24)8-5-13-23-14-21-18-7-4-3-6-17(18)20(23)25/h3-4,6-7,9-12,14H,2,5,8,13H2,1H3,(H,22,24). The summed E-state index contributed by atoms with van der Waals surface area (Å²) in [6.45, 7) is 2.57. The first-order valence-corrected chi connectivity index (χ1v) is 8.50. The number of amides is 1. The van der Waals surface area contributed by atoms with Gasteiger partial charge in [0.1, 0.15) is 0 Å². The van der Waals surface area contributed by atoms with Crippen molar-refractivity contribution in [2.45, 2.75) is 32.7 Å². The third-order valence-corrected chi connectivity index (χ3v) is 4.18. The molecule has 128 valence electrons. The van der Waals surface area contributed by atoms with Crippen molar-refractivity contribution in [1.29, 1.82) is 0 Å². The van der Waals surface area contributed by atoms with Gasteiger partial charge in [-0.3, -0.25) is 14.2 Å². The summed E-state index contributed by atoms with van der Waals surface area (Å²) in [6, 6.07) is 15.1. The average Bonchev–Trinajstić information content (AvgIpc) is 2.64. The van der Waals surface area contributed by atoms with Crippen LogP contribution in [0.3, 0.4) is 0 Å². The Labute approximate surface area is 146 Å². The van der Waals surface area contributed by atoms with E-state index in [1.165, 1.54) is 5.56 Å². The molecule has 5 nitrogen and oxygen atoms in total. The van der Waals surface area contributed by atoms with Crippen LogP contribution in [0.2, 0.25) is 0 Å². The quantitative estimate of drug-likeness (QED) is 0.751. The molecule has 25 heavy (non-hydrogen) atoms. The Morgan fingerprint density at radius 2 is 1.88 bits per heavy atom. The second-order valence-corrected chi connectivity index (χ2v) is 5.96. The van der Waals surface area contributed by atoms with Crippen molar-refractivity contribution in [2.75, 3.05) is 5.32 Å². The molecule has 0 aliphatic carbocycles. The highest BCUT2D eigenvalue weighted by molar-refractivity contribution is 5.90. The predicted molar refractivity (Wildman–Crippen MR) is 99.7 cm³/mol. The van der Waals surface area contributed by atoms with Crippen LogP contribution < -0.4 is 10.9 Å². The SMILES string of the molecule is CCc1ccc(NC(=O)CCCn2cnc3ccccc3c2=O)cc1. The summed E-state index contributed by atoms with van der Waals surface area (Å²) in [5.41, 5.74) is 2.66. The lowest BCUT2D eigenvalue weighted by Crippen LogP contribution is -2.21. The number of anilines is 1. The maximum atomic E-state index is 12.4. The molecule has 0 aliphatic heterocycles. The van der Waals surface area contributed by atoms with Crippen molar-refractivity contribution < 1.29 is 4.79 Å². The van der Waals surface area contributed by atoms with Crippen LogP contribution in [0, 0.1) is 0 Å². The van der Waals surface area contributed by atoms with Crippen molar-refractivity contribution in [3.63, 3.8) is 0 Å². The van der Waals surface area contributed by atoms with Gasteiger partial charge in [-0.1, -0.05) is 31.2 Å². The largest absolute Gasteiger partial charge is 0.326 e. The minimum Gasteiger partial charge on any atom is -0.326 e. The van der Waals surface area contributed by atoms with Gasteiger partial charge in [0, 0.05) is 18.7 Å². The third-order valence-electron chi connectivity index (χ3n) is 4.18. The van der Waals surface area contributed by atoms with E-state index >= 15 is 0 Å². The molecule has 0 unspecified atom stereocenters. The molecular formula is C20H21N3O2. The van der Waals surface area contributed by atoms with Crippen molar-refractivity contribution in [3.05, 3.63) is 70.8 Å². The predicted octanol–water partition coefficient (Wildman–Crippen LogP) is 3.38. The van der Waals surface area contributed by atoms with E-state index in [-0.39, 0.29) is 11.5 Å². The highest BCUT2D eigenvalue weighted by atomic mass is 16.1. The molecule has 3 aromatic rings. The molecule has 0 saturated heterocycles. The maximum Gasteiger partial charge on any atom is 0.261 e. The summed E-state index contributed by atoms with van der Waals surface area (Å²) in [7, 11) is 0. The first-order chi connectivity index (χ1) is 12.2. The Balaban J connectivity index is 1.56. The Hall–Kier alpha value is -2.95. The number of hydrogen-bond donors (Lipinski definition) is 1. The van der Waals surface area contributed by atoms with E-state index in [9.17, 15) is 9.59 Å². The van der Waals surface area contributed by atoms with Gasteiger partial charge in [0.15, 0.2) is 0 Å². The van der Waals surface area contributed by atoms with Gasteiger partial charge in [0.05, 0.1) is 17.2 Å². The van der Waals surface area contributed by atoms with Gasteiger partial charge in [-0.2, -0.15) is 0 Å². The third kappa shape index (κ3) is 4.12. The summed E-state index contributed by atoms with van der Waals surface area (Å²) < 4.78 is 1.56. The number of hydrogen-bond acceptors (Lipinski definition) is 3. The Kier molecular flexibility index (Phi) is 5.23. The monoisotopic (exact) mass is 335 g/mol. The number of rotatable bonds is 6. The summed E-state index contributed by atoms with van der Waals surface area (Å²) in [5, 5.41) is 3.48. The maximum absolute atomic E-state index is 12.4. The summed E-state index contributed by atoms with van der Waals surface area (Å²) in [6.07, 6.45) is 3.46. The van der Waals surface area contributed by atoms with Gasteiger partial charge in [-0.05, 0) is 42.7 Å². The number of fused-ring (bicyclic) bond motifs is 1. The average molecular weight is 335 g/mol. The molecule has 0 radical (unpaired) electrons. The normalized spacial score (nSPS) is 10.8. The summed E-state index contributed by atoms with van der Waals surface area (Å²) in [4.78, 5) is 28.7. The van der Waals surface area contributed by atoms with E-state index in [1.807, 2.05) is 42.5 Å². The van der Waals surface area contributed by atoms with E-state index in [2.05, 4.69) is 17.2 Å². The number of nitrogens with zero attached hydrogens (tertiary/aromatic N) is 2. The molecule has 0 atom stereocenters. The number of benzene rings is 2.